The van der Waals surface area contributed by atoms with Gasteiger partial charge in [0.25, 0.3) is 0 Å². The van der Waals surface area contributed by atoms with Crippen molar-refractivity contribution in [1.29, 1.82) is 0 Å². The number of β-amino-alcohol motifs (C(OH)–C–C–N with tert-alkyl or cyclic N) is 1. The lowest BCUT2D eigenvalue weighted by Crippen LogP contribution is -2.44. The number of isocyanates is 1. The molecule has 1 saturated heterocycles. The van der Waals surface area contributed by atoms with E-state index in [2.05, 4.69) is 17.1 Å². The van der Waals surface area contributed by atoms with Crippen LogP contribution in [0.1, 0.15) is 27.9 Å². The van der Waals surface area contributed by atoms with Crippen molar-refractivity contribution in [2.24, 2.45) is 4.99 Å². The number of para-hydroxylation sites is 3. The van der Waals surface area contributed by atoms with Crippen molar-refractivity contribution < 1.29 is 19.5 Å². The number of carbonyl (C=O) groups is 2. The lowest BCUT2D eigenvalue weighted by molar-refractivity contribution is 0.0655. The summed E-state index contributed by atoms with van der Waals surface area (Å²) in [5.74, 6) is 0.212. The highest BCUT2D eigenvalue weighted by molar-refractivity contribution is 6.07. The van der Waals surface area contributed by atoms with Gasteiger partial charge in [-0.2, -0.15) is 4.99 Å². The Morgan fingerprint density at radius 2 is 1.10 bits per heavy atom. The average Bonchev–Trinajstić information content (AvgIpc) is 3.47. The molecule has 248 valence electrons. The topological polar surface area (TPSA) is 90.3 Å². The fourth-order valence-electron chi connectivity index (χ4n) is 5.50. The summed E-state index contributed by atoms with van der Waals surface area (Å²) in [5, 5.41) is 11.5. The predicted molar refractivity (Wildman–Crippen MR) is 198 cm³/mol. The third-order valence-electron chi connectivity index (χ3n) is 8.00. The van der Waals surface area contributed by atoms with E-state index in [-0.39, 0.29) is 18.4 Å². The Labute approximate surface area is 292 Å². The van der Waals surface area contributed by atoms with Gasteiger partial charge in [0.15, 0.2) is 11.5 Å². The number of hydrogen-bond donors (Lipinski definition) is 1. The van der Waals surface area contributed by atoms with Gasteiger partial charge in [-0.05, 0) is 48.4 Å². The number of anilines is 2. The normalized spacial score (nSPS) is 14.7. The first kappa shape index (κ1) is 34.9. The van der Waals surface area contributed by atoms with Crippen molar-refractivity contribution in [3.8, 4) is 0 Å². The highest BCUT2D eigenvalue weighted by atomic mass is 16.3. The van der Waals surface area contributed by atoms with Gasteiger partial charge in [0.2, 0.25) is 6.08 Å². The number of carbonyl (C=O) groups excluding carboxylic acids is 3. The Kier molecular flexibility index (Phi) is 12.3. The summed E-state index contributed by atoms with van der Waals surface area (Å²) in [5.41, 5.74) is 3.34. The van der Waals surface area contributed by atoms with Gasteiger partial charge in [0.1, 0.15) is 0 Å². The van der Waals surface area contributed by atoms with Crippen LogP contribution < -0.4 is 9.80 Å². The maximum atomic E-state index is 13.2. The molecule has 0 aromatic heterocycles. The van der Waals surface area contributed by atoms with Crippen LogP contribution in [0.15, 0.2) is 187 Å². The summed E-state index contributed by atoms with van der Waals surface area (Å²) < 4.78 is 0. The second-order valence-electron chi connectivity index (χ2n) is 11.4. The molecule has 0 bridgehead atoms. The number of benzene rings is 6. The summed E-state index contributed by atoms with van der Waals surface area (Å²) in [7, 11) is 0. The lowest BCUT2D eigenvalue weighted by Gasteiger charge is -2.32. The molecule has 2 amide bonds. The van der Waals surface area contributed by atoms with Crippen LogP contribution in [0.2, 0.25) is 0 Å². The molecule has 7 nitrogen and oxygen atoms in total. The van der Waals surface area contributed by atoms with E-state index in [0.29, 0.717) is 23.4 Å². The molecule has 7 heteroatoms. The number of Topliss-reactive ketones (excluding diaryl/α,β-unsaturated/α-hetero) is 1. The zero-order chi connectivity index (χ0) is 35.0. The number of aliphatic hydroxyl groups is 1. The van der Waals surface area contributed by atoms with Crippen LogP contribution in [0.3, 0.4) is 0 Å². The zero-order valence-corrected chi connectivity index (χ0v) is 27.5. The van der Waals surface area contributed by atoms with Gasteiger partial charge in [-0.1, -0.05) is 146 Å². The third kappa shape index (κ3) is 9.14. The van der Waals surface area contributed by atoms with Crippen molar-refractivity contribution >= 4 is 35.0 Å². The molecule has 0 radical (unpaired) electrons. The standard InChI is InChI=1S/C21H18N2O2.C15H14O.C7H5NO/c24-20-22(18-12-6-2-7-13-18)16-21(25,17-10-4-1-5-11-17)23(20)19-14-8-3-9-15-19;16-15(14-9-5-2-6-10-14)12-11-13-7-3-1-4-8-13;9-6-8-7-4-2-1-3-5-7/h1-15,25H,16H2;1-10H,11-12H2;1-5H. The molecule has 6 aromatic carbocycles. The SMILES string of the molecule is O=C(CCc1ccccc1)c1ccccc1.O=C1N(c2ccccc2)CC(O)(c2ccccc2)N1c1ccccc1.O=C=Nc1ccccc1. The third-order valence-corrected chi connectivity index (χ3v) is 8.00. The first-order valence-corrected chi connectivity index (χ1v) is 16.2. The Morgan fingerprint density at radius 3 is 1.64 bits per heavy atom. The maximum absolute atomic E-state index is 13.2. The molecule has 0 spiro atoms. The van der Waals surface area contributed by atoms with Gasteiger partial charge in [-0.25, -0.2) is 9.59 Å². The molecular formula is C43H37N3O4. The highest BCUT2D eigenvalue weighted by Crippen LogP contribution is 2.39. The van der Waals surface area contributed by atoms with E-state index >= 15 is 0 Å². The van der Waals surface area contributed by atoms with E-state index in [9.17, 15) is 19.5 Å². The van der Waals surface area contributed by atoms with Crippen LogP contribution in [0.25, 0.3) is 0 Å². The summed E-state index contributed by atoms with van der Waals surface area (Å²) in [6.45, 7) is 0.161. The van der Waals surface area contributed by atoms with E-state index in [0.717, 1.165) is 17.7 Å². The second kappa shape index (κ2) is 17.7. The largest absolute Gasteiger partial charge is 0.365 e. The first-order chi connectivity index (χ1) is 24.5. The Bertz CT molecular complexity index is 1970. The minimum Gasteiger partial charge on any atom is -0.365 e. The van der Waals surface area contributed by atoms with Crippen LogP contribution in [0.4, 0.5) is 21.9 Å². The molecular weight excluding hydrogens is 622 g/mol. The molecule has 1 atom stereocenters. The Balaban J connectivity index is 0.000000166. The zero-order valence-electron chi connectivity index (χ0n) is 27.5. The number of aryl methyl sites for hydroxylation is 1. The fraction of sp³-hybridized carbons (Fsp3) is 0.0930. The van der Waals surface area contributed by atoms with E-state index in [1.54, 1.807) is 17.0 Å². The molecule has 0 saturated carbocycles. The van der Waals surface area contributed by atoms with Crippen LogP contribution in [0.5, 0.6) is 0 Å². The average molecular weight is 660 g/mol. The molecule has 1 heterocycles. The number of hydrogen-bond acceptors (Lipinski definition) is 5. The quantitative estimate of drug-likeness (QED) is 0.100. The number of nitrogens with zero attached hydrogens (tertiary/aromatic N) is 3. The van der Waals surface area contributed by atoms with Gasteiger partial charge in [-0.15, -0.1) is 0 Å². The molecule has 1 unspecified atom stereocenters. The highest BCUT2D eigenvalue weighted by Gasteiger charge is 2.51. The van der Waals surface area contributed by atoms with Crippen LogP contribution in [0, 0.1) is 0 Å². The van der Waals surface area contributed by atoms with Crippen LogP contribution in [-0.4, -0.2) is 29.5 Å². The van der Waals surface area contributed by atoms with Crippen molar-refractivity contribution in [2.45, 2.75) is 18.6 Å². The summed E-state index contributed by atoms with van der Waals surface area (Å²) in [4.78, 5) is 41.2. The van der Waals surface area contributed by atoms with Crippen LogP contribution in [-0.2, 0) is 16.9 Å². The number of rotatable bonds is 8. The van der Waals surface area contributed by atoms with Crippen LogP contribution >= 0.6 is 0 Å². The maximum Gasteiger partial charge on any atom is 0.331 e. The molecule has 50 heavy (non-hydrogen) atoms. The molecule has 1 N–H and O–H groups in total. The predicted octanol–water partition coefficient (Wildman–Crippen LogP) is 9.13. The summed E-state index contributed by atoms with van der Waals surface area (Å²) in [6.07, 6.45) is 2.85. The molecule has 7 rings (SSSR count). The van der Waals surface area contributed by atoms with Gasteiger partial charge in [0, 0.05) is 28.9 Å². The lowest BCUT2D eigenvalue weighted by atomic mass is 10.0. The van der Waals surface area contributed by atoms with Crippen molar-refractivity contribution in [1.82, 2.24) is 0 Å². The van der Waals surface area contributed by atoms with E-state index in [1.807, 2.05) is 158 Å². The minimum atomic E-state index is -1.43. The smallest absolute Gasteiger partial charge is 0.331 e. The molecule has 6 aromatic rings. The number of amides is 2. The summed E-state index contributed by atoms with van der Waals surface area (Å²) in [6, 6.07) is 56.3. The van der Waals surface area contributed by atoms with E-state index < -0.39 is 5.72 Å². The number of aliphatic imine (C=N–C) groups is 1. The van der Waals surface area contributed by atoms with E-state index in [4.69, 9.17) is 0 Å². The fourth-order valence-corrected chi connectivity index (χ4v) is 5.50. The summed E-state index contributed by atoms with van der Waals surface area (Å²) >= 11 is 0. The van der Waals surface area contributed by atoms with Gasteiger partial charge >= 0.3 is 6.03 Å². The number of urea groups is 1. The van der Waals surface area contributed by atoms with Gasteiger partial charge in [0.05, 0.1) is 12.2 Å². The minimum absolute atomic E-state index is 0.161. The Hall–Kier alpha value is -6.40. The molecule has 1 aliphatic heterocycles. The first-order valence-electron chi connectivity index (χ1n) is 16.2. The van der Waals surface area contributed by atoms with Crippen molar-refractivity contribution in [3.05, 3.63) is 199 Å². The molecule has 1 fully saturated rings. The van der Waals surface area contributed by atoms with E-state index in [1.165, 1.54) is 16.5 Å². The number of ketones is 1. The molecule has 1 aliphatic rings. The van der Waals surface area contributed by atoms with Crippen molar-refractivity contribution in [2.75, 3.05) is 16.3 Å². The molecule has 0 aliphatic carbocycles. The van der Waals surface area contributed by atoms with Crippen molar-refractivity contribution in [3.63, 3.8) is 0 Å². The van der Waals surface area contributed by atoms with Gasteiger partial charge in [-0.3, -0.25) is 14.6 Å². The second-order valence-corrected chi connectivity index (χ2v) is 11.4. The van der Waals surface area contributed by atoms with Gasteiger partial charge < -0.3 is 5.11 Å². The monoisotopic (exact) mass is 659 g/mol. The Morgan fingerprint density at radius 1 is 0.640 bits per heavy atom.